The maximum absolute atomic E-state index is 12.6. The number of aromatic amines is 1. The molecule has 3 aromatic rings. The molecule has 0 amide bonds. The molecular formula is C21H16N4O5S. The first kappa shape index (κ1) is 20.2. The lowest BCUT2D eigenvalue weighted by atomic mass is 10.0. The van der Waals surface area contributed by atoms with Crippen LogP contribution in [0.15, 0.2) is 52.3 Å². The van der Waals surface area contributed by atoms with Crippen LogP contribution in [0, 0.1) is 14.9 Å². The van der Waals surface area contributed by atoms with E-state index >= 15 is 0 Å². The molecule has 0 spiro atoms. The number of aliphatic imine (C=N–C) groups is 1. The van der Waals surface area contributed by atoms with Crippen LogP contribution in [0.1, 0.15) is 18.1 Å². The van der Waals surface area contributed by atoms with Gasteiger partial charge in [-0.05, 0) is 43.4 Å². The van der Waals surface area contributed by atoms with Crippen LogP contribution in [0.3, 0.4) is 0 Å². The molecule has 0 bridgehead atoms. The van der Waals surface area contributed by atoms with E-state index in [-0.39, 0.29) is 21.9 Å². The molecule has 1 aliphatic rings. The Morgan fingerprint density at radius 1 is 1.29 bits per heavy atom. The fraction of sp³-hybridized carbons (Fsp3) is 0.0952. The number of hydrogen-bond donors (Lipinski definition) is 2. The molecule has 10 heteroatoms. The topological polar surface area (TPSA) is 123 Å². The summed E-state index contributed by atoms with van der Waals surface area (Å²) < 4.78 is 6.53. The first-order chi connectivity index (χ1) is 14.8. The number of aromatic nitrogens is 2. The van der Waals surface area contributed by atoms with Gasteiger partial charge in [0.2, 0.25) is 5.88 Å². The number of fused-ring (bicyclic) bond motifs is 1. The minimum absolute atomic E-state index is 0.00533. The number of nitro groups is 1. The van der Waals surface area contributed by atoms with Gasteiger partial charge in [-0.1, -0.05) is 6.07 Å². The molecule has 2 N–H and O–H groups in total. The van der Waals surface area contributed by atoms with Crippen LogP contribution >= 0.6 is 12.2 Å². The zero-order chi connectivity index (χ0) is 22.3. The van der Waals surface area contributed by atoms with Crippen molar-refractivity contribution in [3.8, 4) is 17.3 Å². The fourth-order valence-corrected chi connectivity index (χ4v) is 3.66. The first-order valence-corrected chi connectivity index (χ1v) is 9.50. The molecule has 0 atom stereocenters. The van der Waals surface area contributed by atoms with Crippen LogP contribution in [0.4, 0.5) is 11.4 Å². The van der Waals surface area contributed by atoms with E-state index < -0.39 is 10.5 Å². The van der Waals surface area contributed by atoms with E-state index in [9.17, 15) is 20.0 Å². The van der Waals surface area contributed by atoms with Crippen molar-refractivity contribution in [3.63, 3.8) is 0 Å². The van der Waals surface area contributed by atoms with E-state index in [1.807, 2.05) is 0 Å². The Kier molecular flexibility index (Phi) is 4.99. The van der Waals surface area contributed by atoms with Gasteiger partial charge in [-0.2, -0.15) is 0 Å². The van der Waals surface area contributed by atoms with E-state index in [1.54, 1.807) is 37.3 Å². The molecule has 9 nitrogen and oxygen atoms in total. The van der Waals surface area contributed by atoms with Crippen LogP contribution in [-0.2, 0) is 0 Å². The van der Waals surface area contributed by atoms with Crippen LogP contribution < -0.4 is 10.3 Å². The standard InChI is InChI=1S/C21H16N4O5S/c1-11-15(16-9-13(25(28)29)6-7-18(16)22-11)10-17-19(26)23-21(31)24(20(17)27)12-4-3-5-14(8-12)30-2/h3-10,27H,1-2H3,(H,23,26,31)/b15-10-. The second-order valence-corrected chi connectivity index (χ2v) is 7.13. The number of allylic oxidation sites excluding steroid dienone is 1. The third-order valence-electron chi connectivity index (χ3n) is 4.88. The summed E-state index contributed by atoms with van der Waals surface area (Å²) in [6, 6.07) is 11.1. The number of nitrogens with one attached hydrogen (secondary N) is 1. The molecule has 2 aromatic carbocycles. The number of methoxy groups -OCH3 is 1. The minimum atomic E-state index is -0.596. The normalized spacial score (nSPS) is 13.7. The van der Waals surface area contributed by atoms with Crippen LogP contribution in [-0.4, -0.2) is 32.4 Å². The fourth-order valence-electron chi connectivity index (χ4n) is 3.37. The van der Waals surface area contributed by atoms with Crippen molar-refractivity contribution in [2.45, 2.75) is 6.92 Å². The smallest absolute Gasteiger partial charge is 0.270 e. The monoisotopic (exact) mass is 436 g/mol. The number of aromatic hydroxyl groups is 1. The van der Waals surface area contributed by atoms with Crippen LogP contribution in [0.2, 0.25) is 0 Å². The highest BCUT2D eigenvalue weighted by Gasteiger charge is 2.23. The van der Waals surface area contributed by atoms with Crippen LogP contribution in [0.5, 0.6) is 11.6 Å². The largest absolute Gasteiger partial charge is 0.497 e. The summed E-state index contributed by atoms with van der Waals surface area (Å²) >= 11 is 5.25. The molecule has 0 saturated heterocycles. The Balaban J connectivity index is 1.93. The van der Waals surface area contributed by atoms with Gasteiger partial charge >= 0.3 is 0 Å². The highest BCUT2D eigenvalue weighted by molar-refractivity contribution is 7.71. The van der Waals surface area contributed by atoms with E-state index in [1.165, 1.54) is 29.9 Å². The van der Waals surface area contributed by atoms with E-state index in [0.29, 0.717) is 34.0 Å². The van der Waals surface area contributed by atoms with Crippen molar-refractivity contribution in [2.24, 2.45) is 4.99 Å². The zero-order valence-electron chi connectivity index (χ0n) is 16.4. The summed E-state index contributed by atoms with van der Waals surface area (Å²) in [6.45, 7) is 1.72. The Hall–Kier alpha value is -4.05. The summed E-state index contributed by atoms with van der Waals surface area (Å²) in [7, 11) is 1.51. The number of hydrogen-bond acceptors (Lipinski definition) is 7. The molecule has 0 fully saturated rings. The van der Waals surface area contributed by atoms with Gasteiger partial charge in [-0.15, -0.1) is 0 Å². The number of nitrogens with zero attached hydrogens (tertiary/aromatic N) is 3. The lowest BCUT2D eigenvalue weighted by molar-refractivity contribution is -0.384. The summed E-state index contributed by atoms with van der Waals surface area (Å²) in [6.07, 6.45) is 1.45. The number of benzene rings is 2. The molecule has 31 heavy (non-hydrogen) atoms. The highest BCUT2D eigenvalue weighted by Crippen LogP contribution is 2.38. The predicted molar refractivity (Wildman–Crippen MR) is 119 cm³/mol. The predicted octanol–water partition coefficient (Wildman–Crippen LogP) is 4.16. The Morgan fingerprint density at radius 3 is 2.77 bits per heavy atom. The Morgan fingerprint density at radius 2 is 2.06 bits per heavy atom. The Bertz CT molecular complexity index is 1420. The molecule has 0 aliphatic carbocycles. The lowest BCUT2D eigenvalue weighted by Crippen LogP contribution is -2.16. The molecule has 156 valence electrons. The summed E-state index contributed by atoms with van der Waals surface area (Å²) in [5, 5.41) is 22.1. The van der Waals surface area contributed by atoms with E-state index in [4.69, 9.17) is 17.0 Å². The average molecular weight is 436 g/mol. The quantitative estimate of drug-likeness (QED) is 0.360. The van der Waals surface area contributed by atoms with Gasteiger partial charge in [0.25, 0.3) is 11.2 Å². The van der Waals surface area contributed by atoms with Crippen molar-refractivity contribution in [1.82, 2.24) is 9.55 Å². The van der Waals surface area contributed by atoms with Gasteiger partial charge in [-0.3, -0.25) is 29.5 Å². The number of non-ortho nitro benzene ring substituents is 1. The molecule has 2 heterocycles. The summed E-state index contributed by atoms with van der Waals surface area (Å²) in [4.78, 5) is 30.3. The number of H-pyrrole nitrogens is 1. The molecule has 4 rings (SSSR count). The van der Waals surface area contributed by atoms with Gasteiger partial charge in [-0.25, -0.2) is 0 Å². The summed E-state index contributed by atoms with van der Waals surface area (Å²) in [5.41, 5.74) is 1.84. The van der Waals surface area contributed by atoms with E-state index in [0.717, 1.165) is 0 Å². The van der Waals surface area contributed by atoms with Gasteiger partial charge in [0.05, 0.1) is 23.4 Å². The molecule has 1 aliphatic heterocycles. The third-order valence-corrected chi connectivity index (χ3v) is 5.16. The third kappa shape index (κ3) is 3.53. The SMILES string of the molecule is COc1cccc(-n2c(O)c(/C=C3/C(C)=Nc4ccc([N+](=O)[O-])cc43)c(=O)[nH]c2=S)c1. The second kappa shape index (κ2) is 7.65. The minimum Gasteiger partial charge on any atom is -0.497 e. The van der Waals surface area contributed by atoms with Crippen molar-refractivity contribution >= 4 is 41.0 Å². The van der Waals surface area contributed by atoms with Gasteiger partial charge in [0, 0.05) is 35.0 Å². The van der Waals surface area contributed by atoms with Gasteiger partial charge in [0.1, 0.15) is 11.3 Å². The van der Waals surface area contributed by atoms with Crippen molar-refractivity contribution in [3.05, 3.63) is 78.8 Å². The molecule has 1 aromatic heterocycles. The lowest BCUT2D eigenvalue weighted by Gasteiger charge is -2.13. The molecule has 0 radical (unpaired) electrons. The number of nitro benzene ring substituents is 1. The first-order valence-electron chi connectivity index (χ1n) is 9.09. The maximum atomic E-state index is 12.6. The maximum Gasteiger partial charge on any atom is 0.270 e. The van der Waals surface area contributed by atoms with Crippen molar-refractivity contribution < 1.29 is 14.8 Å². The zero-order valence-corrected chi connectivity index (χ0v) is 17.3. The number of rotatable bonds is 4. The van der Waals surface area contributed by atoms with Gasteiger partial charge < -0.3 is 9.84 Å². The van der Waals surface area contributed by atoms with Gasteiger partial charge in [0.15, 0.2) is 4.77 Å². The highest BCUT2D eigenvalue weighted by atomic mass is 32.1. The molecular weight excluding hydrogens is 420 g/mol. The number of ether oxygens (including phenoxy) is 1. The van der Waals surface area contributed by atoms with Crippen molar-refractivity contribution in [2.75, 3.05) is 7.11 Å². The molecule has 0 saturated carbocycles. The van der Waals surface area contributed by atoms with Crippen molar-refractivity contribution in [1.29, 1.82) is 0 Å². The second-order valence-electron chi connectivity index (χ2n) is 6.75. The summed E-state index contributed by atoms with van der Waals surface area (Å²) in [5.74, 6) is 0.172. The Labute approximate surface area is 180 Å². The average Bonchev–Trinajstić information content (AvgIpc) is 3.05. The molecule has 0 unspecified atom stereocenters. The van der Waals surface area contributed by atoms with Crippen LogP contribution in [0.25, 0.3) is 17.3 Å². The van der Waals surface area contributed by atoms with E-state index in [2.05, 4.69) is 9.98 Å².